The number of rotatable bonds is 3. The molecule has 0 unspecified atom stereocenters. The van der Waals surface area contributed by atoms with Crippen LogP contribution in [-0.2, 0) is 6.42 Å². The molecule has 1 aromatic carbocycles. The molecule has 2 heterocycles. The lowest BCUT2D eigenvalue weighted by Crippen LogP contribution is -2.50. The number of urea groups is 1. The highest BCUT2D eigenvalue weighted by molar-refractivity contribution is 7.15. The van der Waals surface area contributed by atoms with E-state index in [1.54, 1.807) is 0 Å². The maximum absolute atomic E-state index is 12.3. The minimum absolute atomic E-state index is 0.0901. The van der Waals surface area contributed by atoms with Gasteiger partial charge in [-0.3, -0.25) is 5.32 Å². The van der Waals surface area contributed by atoms with Gasteiger partial charge < -0.3 is 9.80 Å². The Kier molecular flexibility index (Phi) is 4.76. The molecular weight excluding hydrogens is 310 g/mol. The van der Waals surface area contributed by atoms with E-state index < -0.39 is 0 Å². The zero-order valence-electron chi connectivity index (χ0n) is 13.5. The van der Waals surface area contributed by atoms with E-state index in [2.05, 4.69) is 51.6 Å². The number of amides is 2. The fourth-order valence-corrected chi connectivity index (χ4v) is 3.28. The van der Waals surface area contributed by atoms with Gasteiger partial charge in [0.15, 0.2) is 0 Å². The summed E-state index contributed by atoms with van der Waals surface area (Å²) >= 11 is 1.43. The number of aromatic nitrogens is 2. The van der Waals surface area contributed by atoms with Gasteiger partial charge in [0.2, 0.25) is 5.13 Å². The first-order chi connectivity index (χ1) is 11.2. The topological polar surface area (TPSA) is 61.4 Å². The van der Waals surface area contributed by atoms with Crippen molar-refractivity contribution in [3.05, 3.63) is 34.8 Å². The lowest BCUT2D eigenvalue weighted by atomic mass is 10.2. The third kappa shape index (κ3) is 3.79. The van der Waals surface area contributed by atoms with E-state index in [1.807, 2.05) is 11.8 Å². The molecule has 1 aliphatic heterocycles. The molecule has 3 rings (SSSR count). The molecule has 1 saturated heterocycles. The van der Waals surface area contributed by atoms with Crippen molar-refractivity contribution in [3.8, 4) is 0 Å². The van der Waals surface area contributed by atoms with Crippen LogP contribution in [-0.4, -0.2) is 47.3 Å². The second-order valence-corrected chi connectivity index (χ2v) is 6.66. The van der Waals surface area contributed by atoms with Gasteiger partial charge in [0.05, 0.1) is 0 Å². The molecule has 0 radical (unpaired) electrons. The lowest BCUT2D eigenvalue weighted by molar-refractivity contribution is 0.208. The summed E-state index contributed by atoms with van der Waals surface area (Å²) in [6, 6.07) is 8.39. The Balaban J connectivity index is 1.55. The van der Waals surface area contributed by atoms with Gasteiger partial charge in [0.25, 0.3) is 0 Å². The van der Waals surface area contributed by atoms with Gasteiger partial charge in [0.1, 0.15) is 5.01 Å². The van der Waals surface area contributed by atoms with Crippen molar-refractivity contribution in [2.24, 2.45) is 0 Å². The monoisotopic (exact) mass is 331 g/mol. The van der Waals surface area contributed by atoms with Crippen LogP contribution in [0.5, 0.6) is 0 Å². The fourth-order valence-electron chi connectivity index (χ4n) is 2.61. The molecule has 2 aromatic rings. The summed E-state index contributed by atoms with van der Waals surface area (Å²) in [6.07, 6.45) is 0.836. The van der Waals surface area contributed by atoms with Crippen LogP contribution in [0.15, 0.2) is 24.3 Å². The number of carbonyl (C=O) groups is 1. The molecule has 0 aliphatic carbocycles. The number of hydrogen-bond donors (Lipinski definition) is 1. The molecule has 1 fully saturated rings. The van der Waals surface area contributed by atoms with E-state index >= 15 is 0 Å². The summed E-state index contributed by atoms with van der Waals surface area (Å²) in [5, 5.41) is 12.4. The zero-order valence-corrected chi connectivity index (χ0v) is 14.3. The Bertz CT molecular complexity index is 679. The Labute approximate surface area is 140 Å². The zero-order chi connectivity index (χ0) is 16.2. The largest absolute Gasteiger partial charge is 0.368 e. The molecule has 1 N–H and O–H groups in total. The van der Waals surface area contributed by atoms with Gasteiger partial charge in [-0.1, -0.05) is 30.4 Å². The molecule has 6 nitrogen and oxygen atoms in total. The van der Waals surface area contributed by atoms with Crippen LogP contribution >= 0.6 is 11.3 Å². The quantitative estimate of drug-likeness (QED) is 0.939. The third-order valence-electron chi connectivity index (χ3n) is 3.92. The molecule has 0 saturated carbocycles. The van der Waals surface area contributed by atoms with Crippen LogP contribution in [0.1, 0.15) is 17.5 Å². The van der Waals surface area contributed by atoms with Gasteiger partial charge in [-0.25, -0.2) is 4.79 Å². The summed E-state index contributed by atoms with van der Waals surface area (Å²) in [4.78, 5) is 16.4. The number of carbonyl (C=O) groups excluding carboxylic acids is 1. The van der Waals surface area contributed by atoms with Crippen LogP contribution in [0.3, 0.4) is 0 Å². The number of anilines is 2. The predicted molar refractivity (Wildman–Crippen MR) is 93.3 cm³/mol. The van der Waals surface area contributed by atoms with Crippen LogP contribution in [0.2, 0.25) is 0 Å². The Morgan fingerprint density at radius 1 is 1.26 bits per heavy atom. The number of aryl methyl sites for hydroxylation is 2. The predicted octanol–water partition coefficient (Wildman–Crippen LogP) is 2.76. The number of benzene rings is 1. The van der Waals surface area contributed by atoms with Crippen molar-refractivity contribution in [2.45, 2.75) is 20.3 Å². The van der Waals surface area contributed by atoms with Crippen molar-refractivity contribution in [1.82, 2.24) is 15.1 Å². The van der Waals surface area contributed by atoms with Crippen LogP contribution in [0.4, 0.5) is 15.6 Å². The van der Waals surface area contributed by atoms with Gasteiger partial charge >= 0.3 is 6.03 Å². The Hall–Kier alpha value is -2.15. The fraction of sp³-hybridized carbons (Fsp3) is 0.438. The third-order valence-corrected chi connectivity index (χ3v) is 4.90. The van der Waals surface area contributed by atoms with E-state index in [-0.39, 0.29) is 6.03 Å². The van der Waals surface area contributed by atoms with Crippen molar-refractivity contribution < 1.29 is 4.79 Å². The normalized spacial score (nSPS) is 14.9. The molecular formula is C16H21N5OS. The molecule has 2 amide bonds. The second-order valence-electron chi connectivity index (χ2n) is 5.60. The van der Waals surface area contributed by atoms with Gasteiger partial charge in [-0.2, -0.15) is 0 Å². The highest BCUT2D eigenvalue weighted by atomic mass is 32.1. The van der Waals surface area contributed by atoms with Gasteiger partial charge in [0, 0.05) is 31.9 Å². The first kappa shape index (κ1) is 15.7. The molecule has 122 valence electrons. The van der Waals surface area contributed by atoms with Crippen LogP contribution < -0.4 is 10.2 Å². The second kappa shape index (κ2) is 6.95. The first-order valence-electron chi connectivity index (χ1n) is 7.85. The summed E-state index contributed by atoms with van der Waals surface area (Å²) in [7, 11) is 0. The number of nitrogens with one attached hydrogen (secondary N) is 1. The highest BCUT2D eigenvalue weighted by Crippen LogP contribution is 2.19. The van der Waals surface area contributed by atoms with Crippen molar-refractivity contribution in [3.63, 3.8) is 0 Å². The van der Waals surface area contributed by atoms with E-state index in [4.69, 9.17) is 0 Å². The van der Waals surface area contributed by atoms with Crippen LogP contribution in [0, 0.1) is 6.92 Å². The first-order valence-corrected chi connectivity index (χ1v) is 8.67. The maximum Gasteiger partial charge on any atom is 0.323 e. The summed E-state index contributed by atoms with van der Waals surface area (Å²) in [5.41, 5.74) is 2.48. The van der Waals surface area contributed by atoms with E-state index in [0.29, 0.717) is 18.2 Å². The number of nitrogens with zero attached hydrogens (tertiary/aromatic N) is 4. The molecule has 0 atom stereocenters. The van der Waals surface area contributed by atoms with Gasteiger partial charge in [-0.15, -0.1) is 10.2 Å². The standard InChI is InChI=1S/C16H21N5OS/c1-3-14-18-19-15(23-14)17-16(22)21-9-7-20(8-10-21)13-6-4-5-12(2)11-13/h4-6,11H,3,7-10H2,1-2H3,(H,17,19,22). The average Bonchev–Trinajstić information content (AvgIpc) is 3.02. The van der Waals surface area contributed by atoms with Crippen LogP contribution in [0.25, 0.3) is 0 Å². The Morgan fingerprint density at radius 3 is 2.70 bits per heavy atom. The van der Waals surface area contributed by atoms with E-state index in [9.17, 15) is 4.79 Å². The smallest absolute Gasteiger partial charge is 0.323 e. The van der Waals surface area contributed by atoms with Gasteiger partial charge in [-0.05, 0) is 31.0 Å². The van der Waals surface area contributed by atoms with Crippen molar-refractivity contribution in [1.29, 1.82) is 0 Å². The summed E-state index contributed by atoms with van der Waals surface area (Å²) in [5.74, 6) is 0. The number of hydrogen-bond acceptors (Lipinski definition) is 5. The lowest BCUT2D eigenvalue weighted by Gasteiger charge is -2.36. The molecule has 0 bridgehead atoms. The minimum Gasteiger partial charge on any atom is -0.368 e. The summed E-state index contributed by atoms with van der Waals surface area (Å²) < 4.78 is 0. The SMILES string of the molecule is CCc1nnc(NC(=O)N2CCN(c3cccc(C)c3)CC2)s1. The molecule has 1 aliphatic rings. The molecule has 7 heteroatoms. The summed E-state index contributed by atoms with van der Waals surface area (Å²) in [6.45, 7) is 7.22. The molecule has 0 spiro atoms. The van der Waals surface area contributed by atoms with Crippen molar-refractivity contribution >= 4 is 28.2 Å². The molecule has 23 heavy (non-hydrogen) atoms. The average molecular weight is 331 g/mol. The highest BCUT2D eigenvalue weighted by Gasteiger charge is 2.22. The Morgan fingerprint density at radius 2 is 2.04 bits per heavy atom. The number of piperazine rings is 1. The van der Waals surface area contributed by atoms with E-state index in [1.165, 1.54) is 22.6 Å². The maximum atomic E-state index is 12.3. The van der Waals surface area contributed by atoms with E-state index in [0.717, 1.165) is 24.5 Å². The molecule has 1 aromatic heterocycles. The minimum atomic E-state index is -0.0901. The van der Waals surface area contributed by atoms with Crippen molar-refractivity contribution in [2.75, 3.05) is 36.4 Å².